The highest BCUT2D eigenvalue weighted by Crippen LogP contribution is 2.26. The molecular formula is C18H21N3O3. The first-order valence-corrected chi connectivity index (χ1v) is 8.18. The number of carboxylic acids is 1. The monoisotopic (exact) mass is 327 g/mol. The standard InChI is InChI=1S/C18H21N3O3/c1-2-21(11-17(22)23)15-9-14(10-15)20-18(24)13-5-6-16-12(8-13)4-3-7-19-16/h3-8,14-15H,2,9-11H2,1H3,(H,20,24)(H,22,23). The molecule has 126 valence electrons. The number of nitrogens with zero attached hydrogens (tertiary/aromatic N) is 2. The maximum Gasteiger partial charge on any atom is 0.317 e. The Morgan fingerprint density at radius 1 is 1.33 bits per heavy atom. The lowest BCUT2D eigenvalue weighted by atomic mass is 9.85. The molecule has 0 spiro atoms. The molecule has 6 nitrogen and oxygen atoms in total. The second-order valence-corrected chi connectivity index (χ2v) is 6.16. The number of carbonyl (C=O) groups is 2. The quantitative estimate of drug-likeness (QED) is 0.847. The van der Waals surface area contributed by atoms with Crippen molar-refractivity contribution in [1.29, 1.82) is 0 Å². The number of fused-ring (bicyclic) bond motifs is 1. The smallest absolute Gasteiger partial charge is 0.317 e. The second kappa shape index (κ2) is 6.97. The molecule has 1 aliphatic carbocycles. The number of aromatic nitrogens is 1. The maximum atomic E-state index is 12.4. The highest BCUT2D eigenvalue weighted by atomic mass is 16.4. The van der Waals surface area contributed by atoms with Crippen LogP contribution in [0, 0.1) is 0 Å². The van der Waals surface area contributed by atoms with Crippen molar-refractivity contribution in [3.05, 3.63) is 42.1 Å². The van der Waals surface area contributed by atoms with Gasteiger partial charge in [0.1, 0.15) is 0 Å². The molecule has 0 radical (unpaired) electrons. The molecule has 0 bridgehead atoms. The van der Waals surface area contributed by atoms with Crippen molar-refractivity contribution < 1.29 is 14.7 Å². The van der Waals surface area contributed by atoms with Gasteiger partial charge in [-0.15, -0.1) is 0 Å². The van der Waals surface area contributed by atoms with Crippen molar-refractivity contribution in [2.45, 2.75) is 31.8 Å². The van der Waals surface area contributed by atoms with Gasteiger partial charge in [-0.25, -0.2) is 0 Å². The van der Waals surface area contributed by atoms with Crippen molar-refractivity contribution in [2.24, 2.45) is 0 Å². The van der Waals surface area contributed by atoms with Gasteiger partial charge in [0, 0.05) is 29.2 Å². The summed E-state index contributed by atoms with van der Waals surface area (Å²) < 4.78 is 0. The van der Waals surface area contributed by atoms with Gasteiger partial charge in [0.15, 0.2) is 0 Å². The zero-order valence-electron chi connectivity index (χ0n) is 13.6. The number of aliphatic carboxylic acids is 1. The number of rotatable bonds is 6. The van der Waals surface area contributed by atoms with E-state index in [0.29, 0.717) is 12.1 Å². The summed E-state index contributed by atoms with van der Waals surface area (Å²) >= 11 is 0. The van der Waals surface area contributed by atoms with Crippen LogP contribution in [0.25, 0.3) is 10.9 Å². The topological polar surface area (TPSA) is 82.5 Å². The van der Waals surface area contributed by atoms with E-state index >= 15 is 0 Å². The van der Waals surface area contributed by atoms with Crippen LogP contribution in [-0.2, 0) is 4.79 Å². The van der Waals surface area contributed by atoms with E-state index in [9.17, 15) is 9.59 Å². The van der Waals surface area contributed by atoms with Crippen molar-refractivity contribution in [3.8, 4) is 0 Å². The summed E-state index contributed by atoms with van der Waals surface area (Å²) in [5, 5.41) is 12.9. The molecule has 1 aromatic heterocycles. The fourth-order valence-corrected chi connectivity index (χ4v) is 3.16. The lowest BCUT2D eigenvalue weighted by Crippen LogP contribution is -2.54. The number of hydrogen-bond donors (Lipinski definition) is 2. The van der Waals surface area contributed by atoms with Crippen LogP contribution in [0.2, 0.25) is 0 Å². The molecule has 1 amide bonds. The van der Waals surface area contributed by atoms with Crippen molar-refractivity contribution >= 4 is 22.8 Å². The van der Waals surface area contributed by atoms with Crippen molar-refractivity contribution in [2.75, 3.05) is 13.1 Å². The predicted molar refractivity (Wildman–Crippen MR) is 90.9 cm³/mol. The van der Waals surface area contributed by atoms with E-state index in [0.717, 1.165) is 23.7 Å². The van der Waals surface area contributed by atoms with Crippen LogP contribution in [0.3, 0.4) is 0 Å². The molecule has 0 saturated heterocycles. The zero-order valence-corrected chi connectivity index (χ0v) is 13.6. The average molecular weight is 327 g/mol. The van der Waals surface area contributed by atoms with E-state index in [-0.39, 0.29) is 24.5 Å². The van der Waals surface area contributed by atoms with E-state index in [2.05, 4.69) is 10.3 Å². The van der Waals surface area contributed by atoms with E-state index in [1.165, 1.54) is 0 Å². The summed E-state index contributed by atoms with van der Waals surface area (Å²) in [6.45, 7) is 2.72. The summed E-state index contributed by atoms with van der Waals surface area (Å²) in [4.78, 5) is 29.4. The number of hydrogen-bond acceptors (Lipinski definition) is 4. The highest BCUT2D eigenvalue weighted by molar-refractivity contribution is 5.98. The number of benzene rings is 1. The molecule has 2 N–H and O–H groups in total. The van der Waals surface area contributed by atoms with Crippen LogP contribution in [0.5, 0.6) is 0 Å². The van der Waals surface area contributed by atoms with Crippen LogP contribution in [-0.4, -0.2) is 52.0 Å². The summed E-state index contributed by atoms with van der Waals surface area (Å²) in [6.07, 6.45) is 3.32. The molecule has 1 aromatic carbocycles. The number of carboxylic acid groups (broad SMARTS) is 1. The maximum absolute atomic E-state index is 12.4. The summed E-state index contributed by atoms with van der Waals surface area (Å²) in [5.41, 5.74) is 1.49. The summed E-state index contributed by atoms with van der Waals surface area (Å²) in [5.74, 6) is -0.903. The summed E-state index contributed by atoms with van der Waals surface area (Å²) in [7, 11) is 0. The number of carbonyl (C=O) groups excluding carboxylic acids is 1. The fourth-order valence-electron chi connectivity index (χ4n) is 3.16. The lowest BCUT2D eigenvalue weighted by molar-refractivity contribution is -0.139. The molecule has 0 unspecified atom stereocenters. The summed E-state index contributed by atoms with van der Waals surface area (Å²) in [6, 6.07) is 9.60. The van der Waals surface area contributed by atoms with Gasteiger partial charge in [-0.3, -0.25) is 19.5 Å². The number of pyridine rings is 1. The van der Waals surface area contributed by atoms with Gasteiger partial charge in [0.05, 0.1) is 12.1 Å². The van der Waals surface area contributed by atoms with E-state index in [4.69, 9.17) is 5.11 Å². The van der Waals surface area contributed by atoms with E-state index < -0.39 is 5.97 Å². The molecule has 6 heteroatoms. The van der Waals surface area contributed by atoms with Gasteiger partial charge in [0.25, 0.3) is 5.91 Å². The second-order valence-electron chi connectivity index (χ2n) is 6.16. The van der Waals surface area contributed by atoms with Gasteiger partial charge >= 0.3 is 5.97 Å². The first-order valence-electron chi connectivity index (χ1n) is 8.18. The lowest BCUT2D eigenvalue weighted by Gasteiger charge is -2.42. The Labute approximate surface area is 140 Å². The third kappa shape index (κ3) is 3.54. The molecule has 24 heavy (non-hydrogen) atoms. The van der Waals surface area contributed by atoms with Gasteiger partial charge in [-0.05, 0) is 43.7 Å². The Bertz CT molecular complexity index is 756. The Balaban J connectivity index is 1.57. The zero-order chi connectivity index (χ0) is 17.1. The van der Waals surface area contributed by atoms with E-state index in [1.807, 2.05) is 36.1 Å². The first kappa shape index (κ1) is 16.4. The van der Waals surface area contributed by atoms with Crippen LogP contribution in [0.1, 0.15) is 30.1 Å². The third-order valence-corrected chi connectivity index (χ3v) is 4.57. The van der Waals surface area contributed by atoms with Crippen LogP contribution < -0.4 is 5.32 Å². The van der Waals surface area contributed by atoms with Crippen LogP contribution in [0.4, 0.5) is 0 Å². The first-order chi connectivity index (χ1) is 11.6. The van der Waals surface area contributed by atoms with Crippen LogP contribution >= 0.6 is 0 Å². The molecule has 1 heterocycles. The van der Waals surface area contributed by atoms with Crippen molar-refractivity contribution in [1.82, 2.24) is 15.2 Å². The molecule has 2 aromatic rings. The SMILES string of the molecule is CCN(CC(=O)O)C1CC(NC(=O)c2ccc3ncccc3c2)C1. The van der Waals surface area contributed by atoms with Crippen molar-refractivity contribution in [3.63, 3.8) is 0 Å². The molecule has 3 rings (SSSR count). The molecule has 1 saturated carbocycles. The Morgan fingerprint density at radius 2 is 2.12 bits per heavy atom. The molecular weight excluding hydrogens is 306 g/mol. The fraction of sp³-hybridized carbons (Fsp3) is 0.389. The normalized spacial score (nSPS) is 19.9. The minimum atomic E-state index is -0.811. The van der Waals surface area contributed by atoms with Gasteiger partial charge in [0.2, 0.25) is 0 Å². The molecule has 1 fully saturated rings. The Morgan fingerprint density at radius 3 is 2.83 bits per heavy atom. The molecule has 0 aliphatic heterocycles. The average Bonchev–Trinajstić information content (AvgIpc) is 2.55. The minimum Gasteiger partial charge on any atom is -0.480 e. The Kier molecular flexibility index (Phi) is 4.76. The number of amides is 1. The predicted octanol–water partition coefficient (Wildman–Crippen LogP) is 1.90. The third-order valence-electron chi connectivity index (χ3n) is 4.57. The van der Waals surface area contributed by atoms with E-state index in [1.54, 1.807) is 12.3 Å². The molecule has 0 atom stereocenters. The molecule has 1 aliphatic rings. The van der Waals surface area contributed by atoms with Gasteiger partial charge in [-0.2, -0.15) is 0 Å². The number of likely N-dealkylation sites (N-methyl/N-ethyl adjacent to an activating group) is 1. The number of nitrogens with one attached hydrogen (secondary N) is 1. The Hall–Kier alpha value is -2.47. The highest BCUT2D eigenvalue weighted by Gasteiger charge is 2.34. The van der Waals surface area contributed by atoms with Gasteiger partial charge in [-0.1, -0.05) is 13.0 Å². The minimum absolute atomic E-state index is 0.0551. The van der Waals surface area contributed by atoms with Crippen LogP contribution in [0.15, 0.2) is 36.5 Å². The van der Waals surface area contributed by atoms with Gasteiger partial charge < -0.3 is 10.4 Å². The largest absolute Gasteiger partial charge is 0.480 e.